The van der Waals surface area contributed by atoms with Crippen LogP contribution < -0.4 is 5.32 Å². The van der Waals surface area contributed by atoms with Crippen molar-refractivity contribution in [2.45, 2.75) is 18.3 Å². The monoisotopic (exact) mass is 643 g/mol. The van der Waals surface area contributed by atoms with Gasteiger partial charge in [-0.15, -0.1) is 0 Å². The largest absolute Gasteiger partial charge is 0.394 e. The van der Waals surface area contributed by atoms with E-state index in [1.165, 1.54) is 0 Å². The Morgan fingerprint density at radius 1 is 0.364 bits per heavy atom. The van der Waals surface area contributed by atoms with Crippen LogP contribution >= 0.6 is 0 Å². The lowest BCUT2D eigenvalue weighted by atomic mass is 10.2. The van der Waals surface area contributed by atoms with Gasteiger partial charge in [0.05, 0.1) is 159 Å². The van der Waals surface area contributed by atoms with E-state index in [1.807, 2.05) is 0 Å². The fourth-order valence-electron chi connectivity index (χ4n) is 3.92. The highest BCUT2D eigenvalue weighted by molar-refractivity contribution is 4.71. The molecule has 2 aliphatic heterocycles. The Bertz CT molecular complexity index is 572. The molecule has 15 heteroatoms. The lowest BCUT2D eigenvalue weighted by Gasteiger charge is -2.28. The van der Waals surface area contributed by atoms with Gasteiger partial charge in [0, 0.05) is 13.1 Å². The van der Waals surface area contributed by atoms with Crippen LogP contribution in [0.2, 0.25) is 0 Å². The molecule has 0 spiro atoms. The number of ether oxygens (including phenoxy) is 13. The third-order valence-electron chi connectivity index (χ3n) is 6.27. The number of hydrogen-bond acceptors (Lipinski definition) is 15. The average Bonchev–Trinajstić information content (AvgIpc) is 3.03. The van der Waals surface area contributed by atoms with E-state index in [0.717, 1.165) is 13.1 Å². The molecule has 0 saturated carbocycles. The van der Waals surface area contributed by atoms with Crippen molar-refractivity contribution in [2.24, 2.45) is 0 Å². The summed E-state index contributed by atoms with van der Waals surface area (Å²) in [7, 11) is 0. The first-order chi connectivity index (χ1) is 21.9. The summed E-state index contributed by atoms with van der Waals surface area (Å²) in [5.41, 5.74) is 0. The quantitative estimate of drug-likeness (QED) is 0.375. The third kappa shape index (κ3) is 23.7. The van der Waals surface area contributed by atoms with Gasteiger partial charge >= 0.3 is 0 Å². The summed E-state index contributed by atoms with van der Waals surface area (Å²) in [6, 6.07) is 0. The maximum atomic E-state index is 9.56. The van der Waals surface area contributed by atoms with Crippen LogP contribution in [0.25, 0.3) is 0 Å². The van der Waals surface area contributed by atoms with E-state index in [9.17, 15) is 5.11 Å². The van der Waals surface area contributed by atoms with Gasteiger partial charge in [-0.05, 0) is 0 Å². The maximum absolute atomic E-state index is 9.56. The Morgan fingerprint density at radius 3 is 1.11 bits per heavy atom. The van der Waals surface area contributed by atoms with Crippen molar-refractivity contribution in [2.75, 3.05) is 172 Å². The van der Waals surface area contributed by atoms with Gasteiger partial charge in [-0.3, -0.25) is 0 Å². The molecule has 0 aliphatic carbocycles. The smallest absolute Gasteiger partial charge is 0.109 e. The standard InChI is InChI=1S/C29H57NO14/c31-23-27-24-39-15-13-36-10-12-38-18-22-44-29(26-41-19-20-42-27)28-25-40-16-14-35-8-6-33-4-2-30-1-3-32-5-7-34-9-11-37-17-21-43-28/h27-31H,1-26H2. The predicted octanol–water partition coefficient (Wildman–Crippen LogP) is -1.08. The molecule has 0 aromatic carbocycles. The van der Waals surface area contributed by atoms with Gasteiger partial charge in [-0.1, -0.05) is 0 Å². The van der Waals surface area contributed by atoms with Gasteiger partial charge in [-0.2, -0.15) is 0 Å². The zero-order chi connectivity index (χ0) is 31.0. The van der Waals surface area contributed by atoms with E-state index in [2.05, 4.69) is 5.32 Å². The van der Waals surface area contributed by atoms with E-state index in [0.29, 0.717) is 132 Å². The minimum atomic E-state index is -0.437. The molecule has 3 atom stereocenters. The average molecular weight is 644 g/mol. The van der Waals surface area contributed by atoms with E-state index in [1.54, 1.807) is 0 Å². The molecule has 0 aromatic heterocycles. The molecule has 0 bridgehead atoms. The summed E-state index contributed by atoms with van der Waals surface area (Å²) in [4.78, 5) is 0. The Labute approximate surface area is 262 Å². The fourth-order valence-corrected chi connectivity index (χ4v) is 3.92. The normalized spacial score (nSPS) is 29.0. The third-order valence-corrected chi connectivity index (χ3v) is 6.27. The molecule has 15 nitrogen and oxygen atoms in total. The molecule has 2 heterocycles. The summed E-state index contributed by atoms with van der Waals surface area (Å²) in [5.74, 6) is 0. The van der Waals surface area contributed by atoms with E-state index < -0.39 is 18.3 Å². The molecule has 44 heavy (non-hydrogen) atoms. The zero-order valence-electron chi connectivity index (χ0n) is 26.4. The molecular formula is C29H57NO14. The number of rotatable bonds is 2. The first-order valence-corrected chi connectivity index (χ1v) is 15.8. The summed E-state index contributed by atoms with van der Waals surface area (Å²) in [6.07, 6.45) is -1.30. The van der Waals surface area contributed by atoms with Crippen molar-refractivity contribution in [3.8, 4) is 0 Å². The van der Waals surface area contributed by atoms with Crippen LogP contribution in [-0.2, 0) is 61.6 Å². The molecule has 0 aromatic rings. The van der Waals surface area contributed by atoms with E-state index in [4.69, 9.17) is 61.6 Å². The van der Waals surface area contributed by atoms with Crippen molar-refractivity contribution in [1.82, 2.24) is 5.32 Å². The number of aliphatic hydroxyl groups is 1. The van der Waals surface area contributed by atoms with Gasteiger partial charge in [-0.25, -0.2) is 0 Å². The lowest BCUT2D eigenvalue weighted by molar-refractivity contribution is -0.146. The molecule has 2 fully saturated rings. The SMILES string of the molecule is OCC1COCCOCCOCCOC(C2COCCOCCOCCNCCOCCOCCOCCO2)COCCO1. The van der Waals surface area contributed by atoms with Gasteiger partial charge in [0.1, 0.15) is 18.3 Å². The Balaban J connectivity index is 1.86. The van der Waals surface area contributed by atoms with E-state index in [-0.39, 0.29) is 26.4 Å². The predicted molar refractivity (Wildman–Crippen MR) is 157 cm³/mol. The van der Waals surface area contributed by atoms with Crippen molar-refractivity contribution < 1.29 is 66.7 Å². The molecule has 2 aliphatic rings. The topological polar surface area (TPSA) is 152 Å². The summed E-state index contributed by atoms with van der Waals surface area (Å²) in [5, 5.41) is 12.8. The molecule has 2 rings (SSSR count). The second-order valence-corrected chi connectivity index (χ2v) is 9.76. The van der Waals surface area contributed by atoms with Crippen LogP contribution in [0.3, 0.4) is 0 Å². The molecule has 3 unspecified atom stereocenters. The summed E-state index contributed by atoms with van der Waals surface area (Å²) < 4.78 is 74.5. The molecular weight excluding hydrogens is 586 g/mol. The van der Waals surface area contributed by atoms with Crippen LogP contribution in [0.5, 0.6) is 0 Å². The summed E-state index contributed by atoms with van der Waals surface area (Å²) >= 11 is 0. The molecule has 2 saturated heterocycles. The fraction of sp³-hybridized carbons (Fsp3) is 1.00. The van der Waals surface area contributed by atoms with Crippen LogP contribution in [0.1, 0.15) is 0 Å². The number of nitrogens with one attached hydrogen (secondary N) is 1. The highest BCUT2D eigenvalue weighted by Gasteiger charge is 2.24. The van der Waals surface area contributed by atoms with E-state index >= 15 is 0 Å². The Kier molecular flexibility index (Phi) is 27.9. The summed E-state index contributed by atoms with van der Waals surface area (Å²) in [6.45, 7) is 11.0. The van der Waals surface area contributed by atoms with Crippen molar-refractivity contribution in [3.05, 3.63) is 0 Å². The van der Waals surface area contributed by atoms with Gasteiger partial charge < -0.3 is 72.0 Å². The van der Waals surface area contributed by atoms with Crippen molar-refractivity contribution in [3.63, 3.8) is 0 Å². The minimum absolute atomic E-state index is 0.148. The van der Waals surface area contributed by atoms with Crippen LogP contribution in [0.15, 0.2) is 0 Å². The van der Waals surface area contributed by atoms with Gasteiger partial charge in [0.2, 0.25) is 0 Å². The van der Waals surface area contributed by atoms with Crippen molar-refractivity contribution >= 4 is 0 Å². The highest BCUT2D eigenvalue weighted by atomic mass is 16.6. The Hall–Kier alpha value is -0.600. The van der Waals surface area contributed by atoms with Crippen LogP contribution in [0.4, 0.5) is 0 Å². The number of aliphatic hydroxyl groups excluding tert-OH is 1. The molecule has 0 radical (unpaired) electrons. The molecule has 262 valence electrons. The minimum Gasteiger partial charge on any atom is -0.394 e. The molecule has 2 N–H and O–H groups in total. The van der Waals surface area contributed by atoms with Crippen LogP contribution in [0, 0.1) is 0 Å². The maximum Gasteiger partial charge on any atom is 0.109 e. The van der Waals surface area contributed by atoms with Crippen LogP contribution in [-0.4, -0.2) is 195 Å². The molecule has 0 amide bonds. The zero-order valence-corrected chi connectivity index (χ0v) is 26.4. The Morgan fingerprint density at radius 2 is 0.682 bits per heavy atom. The number of hydrogen-bond donors (Lipinski definition) is 2. The first kappa shape index (κ1) is 39.6. The second kappa shape index (κ2) is 31.0. The van der Waals surface area contributed by atoms with Gasteiger partial charge in [0.25, 0.3) is 0 Å². The van der Waals surface area contributed by atoms with Crippen molar-refractivity contribution in [1.29, 1.82) is 0 Å². The highest BCUT2D eigenvalue weighted by Crippen LogP contribution is 2.08. The first-order valence-electron chi connectivity index (χ1n) is 15.8. The lowest BCUT2D eigenvalue weighted by Crippen LogP contribution is -2.41. The van der Waals surface area contributed by atoms with Gasteiger partial charge in [0.15, 0.2) is 0 Å². The second-order valence-electron chi connectivity index (χ2n) is 9.76.